The molecule has 4 nitrogen and oxygen atoms in total. The molecule has 0 bridgehead atoms. The van der Waals surface area contributed by atoms with Crippen LogP contribution in [0.3, 0.4) is 0 Å². The van der Waals surface area contributed by atoms with Gasteiger partial charge in [0.1, 0.15) is 5.75 Å². The first-order chi connectivity index (χ1) is 13.2. The van der Waals surface area contributed by atoms with Gasteiger partial charge < -0.3 is 4.74 Å². The highest BCUT2D eigenvalue weighted by Crippen LogP contribution is 2.48. The summed E-state index contributed by atoms with van der Waals surface area (Å²) in [5, 5.41) is 7.73. The average Bonchev–Trinajstić information content (AvgIpc) is 3.14. The summed E-state index contributed by atoms with van der Waals surface area (Å²) in [5.74, 6) is 0.897. The van der Waals surface area contributed by atoms with Crippen molar-refractivity contribution in [2.75, 3.05) is 0 Å². The number of fused-ring (bicyclic) bond motifs is 3. The van der Waals surface area contributed by atoms with Gasteiger partial charge in [0.05, 0.1) is 11.8 Å². The highest BCUT2D eigenvalue weighted by Gasteiger charge is 2.41. The fourth-order valence-electron chi connectivity index (χ4n) is 3.62. The lowest BCUT2D eigenvalue weighted by Gasteiger charge is -2.38. The molecule has 0 fully saturated rings. The van der Waals surface area contributed by atoms with Crippen molar-refractivity contribution in [1.29, 1.82) is 0 Å². The number of hydrazone groups is 1. The van der Waals surface area contributed by atoms with E-state index in [0.29, 0.717) is 0 Å². The van der Waals surface area contributed by atoms with E-state index in [1.165, 1.54) is 0 Å². The van der Waals surface area contributed by atoms with Crippen LogP contribution in [-0.2, 0) is 0 Å². The molecule has 2 aromatic carbocycles. The monoisotopic (exact) mass is 439 g/mol. The summed E-state index contributed by atoms with van der Waals surface area (Å²) < 4.78 is 7.37. The molecule has 0 aliphatic carbocycles. The molecule has 0 radical (unpaired) electrons. The van der Waals surface area contributed by atoms with Gasteiger partial charge >= 0.3 is 0 Å². The standard InChI is InChI=1S/C21H15BrClN3O/c22-15-3-6-20-17(11-15)19-12-18(13-1-4-16(23)5-2-13)25-26(19)21(27-20)14-7-9-24-10-8-14/h1-11,19,21H,12H2/t19-,21+/m1/s1. The topological polar surface area (TPSA) is 37.7 Å². The van der Waals surface area contributed by atoms with Crippen LogP contribution >= 0.6 is 27.5 Å². The number of hydrogen-bond donors (Lipinski definition) is 0. The molecule has 3 heterocycles. The smallest absolute Gasteiger partial charge is 0.213 e. The molecule has 0 saturated heterocycles. The molecule has 2 aliphatic heterocycles. The lowest BCUT2D eigenvalue weighted by Crippen LogP contribution is -2.33. The molecule has 0 saturated carbocycles. The number of halogens is 2. The minimum atomic E-state index is -0.281. The van der Waals surface area contributed by atoms with Crippen LogP contribution in [0.15, 0.2) is 76.6 Å². The number of nitrogens with zero attached hydrogens (tertiary/aromatic N) is 3. The maximum absolute atomic E-state index is 6.34. The highest BCUT2D eigenvalue weighted by molar-refractivity contribution is 9.10. The van der Waals surface area contributed by atoms with Crippen LogP contribution in [0.1, 0.15) is 35.4 Å². The minimum absolute atomic E-state index is 0.120. The summed E-state index contributed by atoms with van der Waals surface area (Å²) in [6, 6.07) is 18.1. The van der Waals surface area contributed by atoms with Crippen molar-refractivity contribution in [1.82, 2.24) is 9.99 Å². The van der Waals surface area contributed by atoms with E-state index in [1.807, 2.05) is 48.5 Å². The van der Waals surface area contributed by atoms with Gasteiger partial charge in [-0.2, -0.15) is 5.10 Å². The van der Waals surface area contributed by atoms with E-state index in [-0.39, 0.29) is 12.3 Å². The Morgan fingerprint density at radius 2 is 1.81 bits per heavy atom. The van der Waals surface area contributed by atoms with E-state index in [4.69, 9.17) is 21.4 Å². The Kier molecular flexibility index (Phi) is 4.14. The van der Waals surface area contributed by atoms with Crippen molar-refractivity contribution in [3.8, 4) is 5.75 Å². The van der Waals surface area contributed by atoms with Crippen LogP contribution in [0.5, 0.6) is 5.75 Å². The van der Waals surface area contributed by atoms with Gasteiger partial charge in [0.2, 0.25) is 6.23 Å². The third-order valence-electron chi connectivity index (χ3n) is 4.92. The van der Waals surface area contributed by atoms with Crippen LogP contribution in [0, 0.1) is 0 Å². The number of benzene rings is 2. The zero-order valence-corrected chi connectivity index (χ0v) is 16.6. The Bertz CT molecular complexity index is 1020. The summed E-state index contributed by atoms with van der Waals surface area (Å²) in [4.78, 5) is 4.12. The van der Waals surface area contributed by atoms with Crippen molar-refractivity contribution >= 4 is 33.2 Å². The van der Waals surface area contributed by atoms with Crippen LogP contribution in [-0.4, -0.2) is 15.7 Å². The second-order valence-electron chi connectivity index (χ2n) is 6.59. The predicted molar refractivity (Wildman–Crippen MR) is 109 cm³/mol. The van der Waals surface area contributed by atoms with Crippen LogP contribution in [0.4, 0.5) is 0 Å². The minimum Gasteiger partial charge on any atom is -0.464 e. The third-order valence-corrected chi connectivity index (χ3v) is 5.67. The van der Waals surface area contributed by atoms with Gasteiger partial charge in [0, 0.05) is 39.4 Å². The maximum Gasteiger partial charge on any atom is 0.213 e. The fourth-order valence-corrected chi connectivity index (χ4v) is 4.13. The van der Waals surface area contributed by atoms with Gasteiger partial charge in [-0.15, -0.1) is 0 Å². The Hall–Kier alpha value is -2.37. The number of rotatable bonds is 2. The summed E-state index contributed by atoms with van der Waals surface area (Å²) >= 11 is 9.63. The Balaban J connectivity index is 1.60. The number of aromatic nitrogens is 1. The first-order valence-corrected chi connectivity index (χ1v) is 9.84. The van der Waals surface area contributed by atoms with Crippen molar-refractivity contribution in [3.63, 3.8) is 0 Å². The average molecular weight is 441 g/mol. The van der Waals surface area contributed by atoms with Gasteiger partial charge in [-0.25, -0.2) is 5.01 Å². The molecule has 0 spiro atoms. The Labute approximate surface area is 170 Å². The van der Waals surface area contributed by atoms with Gasteiger partial charge in [0.15, 0.2) is 0 Å². The molecular weight excluding hydrogens is 426 g/mol. The van der Waals surface area contributed by atoms with Crippen LogP contribution in [0.2, 0.25) is 5.02 Å². The normalized spacial score (nSPS) is 20.5. The second kappa shape index (κ2) is 6.66. The summed E-state index contributed by atoms with van der Waals surface area (Å²) in [5.41, 5.74) is 4.29. The van der Waals surface area contributed by atoms with Gasteiger partial charge in [-0.3, -0.25) is 4.98 Å². The van der Waals surface area contributed by atoms with Gasteiger partial charge in [-0.05, 0) is 48.0 Å². The molecule has 0 unspecified atom stereocenters. The van der Waals surface area contributed by atoms with E-state index < -0.39 is 0 Å². The van der Waals surface area contributed by atoms with E-state index in [9.17, 15) is 0 Å². The molecule has 27 heavy (non-hydrogen) atoms. The first kappa shape index (κ1) is 16.8. The summed E-state index contributed by atoms with van der Waals surface area (Å²) in [6.07, 6.45) is 4.10. The zero-order chi connectivity index (χ0) is 18.4. The largest absolute Gasteiger partial charge is 0.464 e. The van der Waals surface area contributed by atoms with E-state index in [0.717, 1.165) is 44.1 Å². The maximum atomic E-state index is 6.34. The third kappa shape index (κ3) is 3.01. The van der Waals surface area contributed by atoms with Crippen LogP contribution in [0.25, 0.3) is 0 Å². The molecule has 1 aromatic heterocycles. The molecule has 0 amide bonds. The predicted octanol–water partition coefficient (Wildman–Crippen LogP) is 5.74. The molecule has 5 rings (SSSR count). The molecule has 0 N–H and O–H groups in total. The Morgan fingerprint density at radius 3 is 2.59 bits per heavy atom. The van der Waals surface area contributed by atoms with Crippen molar-refractivity contribution in [3.05, 3.63) is 93.2 Å². The number of ether oxygens (including phenoxy) is 1. The quantitative estimate of drug-likeness (QED) is 0.510. The first-order valence-electron chi connectivity index (χ1n) is 8.67. The molecule has 2 atom stereocenters. The lowest BCUT2D eigenvalue weighted by molar-refractivity contribution is -0.0191. The SMILES string of the molecule is Clc1ccc(C2=NN3[C@H](C2)c2cc(Br)ccc2O[C@H]3c2ccncc2)cc1. The zero-order valence-electron chi connectivity index (χ0n) is 14.2. The van der Waals surface area contributed by atoms with Crippen LogP contribution < -0.4 is 4.74 Å². The van der Waals surface area contributed by atoms with Crippen molar-refractivity contribution in [2.24, 2.45) is 5.10 Å². The molecular formula is C21H15BrClN3O. The molecule has 6 heteroatoms. The van der Waals surface area contributed by atoms with E-state index in [2.05, 4.69) is 32.0 Å². The van der Waals surface area contributed by atoms with Crippen molar-refractivity contribution < 1.29 is 4.74 Å². The van der Waals surface area contributed by atoms with Gasteiger partial charge in [-0.1, -0.05) is 39.7 Å². The molecule has 134 valence electrons. The van der Waals surface area contributed by atoms with E-state index >= 15 is 0 Å². The summed E-state index contributed by atoms with van der Waals surface area (Å²) in [7, 11) is 0. The number of pyridine rings is 1. The lowest BCUT2D eigenvalue weighted by atomic mass is 9.96. The fraction of sp³-hybridized carbons (Fsp3) is 0.143. The number of hydrogen-bond acceptors (Lipinski definition) is 4. The summed E-state index contributed by atoms with van der Waals surface area (Å²) in [6.45, 7) is 0. The highest BCUT2D eigenvalue weighted by atomic mass is 79.9. The van der Waals surface area contributed by atoms with Crippen molar-refractivity contribution in [2.45, 2.75) is 18.7 Å². The van der Waals surface area contributed by atoms with E-state index in [1.54, 1.807) is 12.4 Å². The Morgan fingerprint density at radius 1 is 1.04 bits per heavy atom. The van der Waals surface area contributed by atoms with Gasteiger partial charge in [0.25, 0.3) is 0 Å². The molecule has 3 aromatic rings. The molecule has 2 aliphatic rings. The second-order valence-corrected chi connectivity index (χ2v) is 7.94.